The molecular weight excluding hydrogens is 616 g/mol. The van der Waals surface area contributed by atoms with Crippen LogP contribution in [0.5, 0.6) is 17.2 Å². The zero-order valence-corrected chi connectivity index (χ0v) is 24.7. The minimum atomic E-state index is -4.60. The second-order valence-corrected chi connectivity index (χ2v) is 11.9. The number of para-hydroxylation sites is 1. The molecule has 43 heavy (non-hydrogen) atoms. The third kappa shape index (κ3) is 7.32. The number of hydrogen-bond donors (Lipinski definition) is 3. The molecule has 5 aromatic rings. The number of aryl methyl sites for hydroxylation is 1. The van der Waals surface area contributed by atoms with E-state index < -0.39 is 10.1 Å². The highest BCUT2D eigenvalue weighted by Crippen LogP contribution is 2.47. The third-order valence-electron chi connectivity index (χ3n) is 6.32. The van der Waals surface area contributed by atoms with E-state index in [1.54, 1.807) is 24.3 Å². The van der Waals surface area contributed by atoms with Gasteiger partial charge in [-0.1, -0.05) is 64.7 Å². The molecule has 10 nitrogen and oxygen atoms in total. The Kier molecular flexibility index (Phi) is 9.28. The molecule has 220 valence electrons. The summed E-state index contributed by atoms with van der Waals surface area (Å²) in [6.07, 6.45) is 0.219. The molecule has 0 aliphatic heterocycles. The molecule has 0 heterocycles. The first-order valence-corrected chi connectivity index (χ1v) is 15.1. The van der Waals surface area contributed by atoms with E-state index in [2.05, 4.69) is 19.6 Å². The van der Waals surface area contributed by atoms with E-state index in [9.17, 15) is 18.1 Å². The first-order valence-electron chi connectivity index (χ1n) is 12.6. The van der Waals surface area contributed by atoms with Crippen LogP contribution in [0.1, 0.15) is 16.7 Å². The number of rotatable bonds is 10. The Morgan fingerprint density at radius 2 is 1.67 bits per heavy atom. The van der Waals surface area contributed by atoms with Crippen molar-refractivity contribution in [2.75, 3.05) is 0 Å². The summed E-state index contributed by atoms with van der Waals surface area (Å²) >= 11 is 6.72. The average Bonchev–Trinajstić information content (AvgIpc) is 2.98. The molecule has 0 aliphatic rings. The number of nitrogens with zero attached hydrogens (tertiary/aromatic N) is 2. The smallest absolute Gasteiger partial charge is 0.294 e. The highest BCUT2D eigenvalue weighted by atomic mass is 35.5. The van der Waals surface area contributed by atoms with Crippen molar-refractivity contribution in [1.82, 2.24) is 0 Å². The maximum absolute atomic E-state index is 12.1. The van der Waals surface area contributed by atoms with Gasteiger partial charge in [0.05, 0.1) is 21.8 Å². The van der Waals surface area contributed by atoms with Crippen molar-refractivity contribution in [3.8, 4) is 17.2 Å². The van der Waals surface area contributed by atoms with Gasteiger partial charge in [-0.2, -0.15) is 8.42 Å². The SMILES string of the molecule is Cc1ccc(Cc2cc(S(=O)(=O)O)cc3cc(SOOO)c(N=Nc4cc(Cl)ccc4Oc4ccccc4)c(O)c23)cc1. The summed E-state index contributed by atoms with van der Waals surface area (Å²) < 4.78 is 44.7. The van der Waals surface area contributed by atoms with Gasteiger partial charge >= 0.3 is 0 Å². The number of hydrogen-bond acceptors (Lipinski definition) is 10. The van der Waals surface area contributed by atoms with E-state index in [0.29, 0.717) is 34.1 Å². The van der Waals surface area contributed by atoms with Crippen LogP contribution in [-0.4, -0.2) is 23.3 Å². The second-order valence-electron chi connectivity index (χ2n) is 9.34. The van der Waals surface area contributed by atoms with Gasteiger partial charge in [0.25, 0.3) is 10.1 Å². The Morgan fingerprint density at radius 1 is 0.930 bits per heavy atom. The molecule has 0 aliphatic carbocycles. The van der Waals surface area contributed by atoms with Gasteiger partial charge in [0.2, 0.25) is 0 Å². The van der Waals surface area contributed by atoms with Gasteiger partial charge in [-0.05, 0) is 78.4 Å². The van der Waals surface area contributed by atoms with Crippen LogP contribution in [0.4, 0.5) is 11.4 Å². The van der Waals surface area contributed by atoms with Gasteiger partial charge in [-0.25, -0.2) is 5.26 Å². The Balaban J connectivity index is 1.67. The lowest BCUT2D eigenvalue weighted by Gasteiger charge is -2.15. The first-order chi connectivity index (χ1) is 20.6. The largest absolute Gasteiger partial charge is 0.505 e. The number of halogens is 1. The van der Waals surface area contributed by atoms with Gasteiger partial charge in [0.1, 0.15) is 17.1 Å². The lowest BCUT2D eigenvalue weighted by molar-refractivity contribution is -0.432. The lowest BCUT2D eigenvalue weighted by Crippen LogP contribution is -2.01. The van der Waals surface area contributed by atoms with Gasteiger partial charge in [0.15, 0.2) is 11.5 Å². The molecule has 0 saturated heterocycles. The predicted octanol–water partition coefficient (Wildman–Crippen LogP) is 8.98. The minimum absolute atomic E-state index is 0.0788. The minimum Gasteiger partial charge on any atom is -0.505 e. The number of azo groups is 1. The fourth-order valence-electron chi connectivity index (χ4n) is 4.34. The van der Waals surface area contributed by atoms with Crippen molar-refractivity contribution >= 4 is 55.9 Å². The fourth-order valence-corrected chi connectivity index (χ4v) is 5.57. The molecular formula is C30H23ClN2O8S2. The zero-order chi connectivity index (χ0) is 30.6. The van der Waals surface area contributed by atoms with Crippen LogP contribution in [0.25, 0.3) is 10.8 Å². The van der Waals surface area contributed by atoms with Crippen LogP contribution in [0, 0.1) is 6.92 Å². The third-order valence-corrected chi connectivity index (χ3v) is 8.01. The molecule has 0 amide bonds. The van der Waals surface area contributed by atoms with Crippen molar-refractivity contribution in [3.05, 3.63) is 113 Å². The average molecular weight is 639 g/mol. The molecule has 0 fully saturated rings. The summed E-state index contributed by atoms with van der Waals surface area (Å²) in [5.74, 6) is 0.526. The molecule has 13 heteroatoms. The van der Waals surface area contributed by atoms with E-state index >= 15 is 0 Å². The summed E-state index contributed by atoms with van der Waals surface area (Å²) in [5.41, 5.74) is 2.43. The molecule has 0 radical (unpaired) electrons. The summed E-state index contributed by atoms with van der Waals surface area (Å²) in [4.78, 5) is -0.267. The molecule has 0 spiro atoms. The second kappa shape index (κ2) is 13.1. The first kappa shape index (κ1) is 30.4. The topological polar surface area (TPSA) is 147 Å². The normalized spacial score (nSPS) is 11.8. The highest BCUT2D eigenvalue weighted by Gasteiger charge is 2.22. The highest BCUT2D eigenvalue weighted by molar-refractivity contribution is 7.94. The fraction of sp³-hybridized carbons (Fsp3) is 0.0667. The monoisotopic (exact) mass is 638 g/mol. The van der Waals surface area contributed by atoms with E-state index in [1.807, 2.05) is 49.4 Å². The van der Waals surface area contributed by atoms with Gasteiger partial charge in [-0.15, -0.1) is 14.6 Å². The van der Waals surface area contributed by atoms with Gasteiger partial charge < -0.3 is 9.84 Å². The Hall–Kier alpha value is -4.01. The number of benzene rings is 5. The van der Waals surface area contributed by atoms with Crippen molar-refractivity contribution in [2.45, 2.75) is 23.1 Å². The van der Waals surface area contributed by atoms with E-state index in [0.717, 1.165) is 11.1 Å². The van der Waals surface area contributed by atoms with Gasteiger partial charge in [-0.3, -0.25) is 4.55 Å². The van der Waals surface area contributed by atoms with Crippen molar-refractivity contribution in [1.29, 1.82) is 0 Å². The molecule has 5 aromatic carbocycles. The van der Waals surface area contributed by atoms with Crippen LogP contribution < -0.4 is 4.74 Å². The standard InChI is InChI=1S/C30H23ClN2O8S2/c1-18-7-9-19(10-8-18)13-20-14-24(43(36,37)38)15-21-16-27(42-41-40-35)29(30(34)28(20)21)33-32-25-17-22(31)11-12-26(25)39-23-5-3-2-4-6-23/h2-12,14-17,34-35H,13H2,1H3,(H,36,37,38). The van der Waals surface area contributed by atoms with Crippen LogP contribution in [0.2, 0.25) is 5.02 Å². The maximum atomic E-state index is 12.1. The quantitative estimate of drug-likeness (QED) is 0.0448. The van der Waals surface area contributed by atoms with Crippen molar-refractivity contribution in [2.24, 2.45) is 10.2 Å². The Labute approximate surface area is 256 Å². The molecule has 0 aromatic heterocycles. The summed E-state index contributed by atoms with van der Waals surface area (Å²) in [6, 6.07) is 25.3. The maximum Gasteiger partial charge on any atom is 0.294 e. The van der Waals surface area contributed by atoms with Crippen LogP contribution in [0.3, 0.4) is 0 Å². The van der Waals surface area contributed by atoms with Crippen LogP contribution >= 0.6 is 23.6 Å². The van der Waals surface area contributed by atoms with Crippen molar-refractivity contribution < 1.29 is 37.4 Å². The Bertz CT molecular complexity index is 1920. The van der Waals surface area contributed by atoms with Crippen molar-refractivity contribution in [3.63, 3.8) is 0 Å². The predicted molar refractivity (Wildman–Crippen MR) is 162 cm³/mol. The summed E-state index contributed by atoms with van der Waals surface area (Å²) in [7, 11) is -4.60. The van der Waals surface area contributed by atoms with Gasteiger partial charge in [0, 0.05) is 10.4 Å². The van der Waals surface area contributed by atoms with E-state index in [4.69, 9.17) is 21.6 Å². The lowest BCUT2D eigenvalue weighted by atomic mass is 9.96. The summed E-state index contributed by atoms with van der Waals surface area (Å²) in [5, 5.41) is 33.6. The molecule has 0 bridgehead atoms. The number of phenolic OH excluding ortho intramolecular Hbond substituents is 1. The number of ether oxygens (including phenoxy) is 1. The molecule has 0 atom stereocenters. The van der Waals surface area contributed by atoms with E-state index in [-0.39, 0.29) is 44.1 Å². The van der Waals surface area contributed by atoms with Crippen LogP contribution in [-0.2, 0) is 25.9 Å². The number of fused-ring (bicyclic) bond motifs is 1. The molecule has 0 unspecified atom stereocenters. The van der Waals surface area contributed by atoms with Crippen LogP contribution in [0.15, 0.2) is 111 Å². The Morgan fingerprint density at radius 3 is 2.37 bits per heavy atom. The number of phenols is 1. The molecule has 5 rings (SSSR count). The zero-order valence-electron chi connectivity index (χ0n) is 22.3. The molecule has 0 saturated carbocycles. The molecule has 3 N–H and O–H groups in total. The summed E-state index contributed by atoms with van der Waals surface area (Å²) in [6.45, 7) is 1.94. The number of aromatic hydroxyl groups is 1. The van der Waals surface area contributed by atoms with E-state index in [1.165, 1.54) is 24.3 Å².